The fourth-order valence-corrected chi connectivity index (χ4v) is 1.16. The Morgan fingerprint density at radius 1 is 1.56 bits per heavy atom. The topological polar surface area (TPSA) is 72.5 Å². The van der Waals surface area contributed by atoms with Crippen molar-refractivity contribution in [1.29, 1.82) is 0 Å². The minimum atomic E-state index is -0.986. The van der Waals surface area contributed by atoms with Gasteiger partial charge in [-0.2, -0.15) is 0 Å². The molecule has 3 N–H and O–H groups in total. The minimum Gasteiger partial charge on any atom is -0.491 e. The number of aromatic carboxylic acids is 1. The van der Waals surface area contributed by atoms with Gasteiger partial charge < -0.3 is 15.6 Å². The van der Waals surface area contributed by atoms with E-state index >= 15 is 0 Å². The molecule has 1 rings (SSSR count). The predicted octanol–water partition coefficient (Wildman–Crippen LogP) is 2.39. The van der Waals surface area contributed by atoms with Crippen LogP contribution >= 0.6 is 0 Å². The number of benzene rings is 1. The van der Waals surface area contributed by atoms with Crippen LogP contribution in [0.2, 0.25) is 0 Å². The molecule has 1 atom stereocenters. The van der Waals surface area contributed by atoms with Gasteiger partial charge in [-0.25, -0.2) is 4.79 Å². The van der Waals surface area contributed by atoms with Crippen LogP contribution in [0, 0.1) is 5.92 Å². The molecular weight excluding hydrogens is 206 g/mol. The van der Waals surface area contributed by atoms with E-state index in [1.54, 1.807) is 6.07 Å². The van der Waals surface area contributed by atoms with E-state index in [0.717, 1.165) is 6.42 Å². The molecule has 16 heavy (non-hydrogen) atoms. The van der Waals surface area contributed by atoms with Crippen LogP contribution in [0.3, 0.4) is 0 Å². The zero-order valence-electron chi connectivity index (χ0n) is 9.56. The Bertz CT molecular complexity index is 377. The maximum absolute atomic E-state index is 10.7. The van der Waals surface area contributed by atoms with E-state index in [0.29, 0.717) is 24.0 Å². The largest absolute Gasteiger partial charge is 0.491 e. The number of carbonyl (C=O) groups is 1. The van der Waals surface area contributed by atoms with Crippen molar-refractivity contribution in [2.45, 2.75) is 20.3 Å². The van der Waals surface area contributed by atoms with Crippen molar-refractivity contribution in [1.82, 2.24) is 0 Å². The Hall–Kier alpha value is -1.71. The summed E-state index contributed by atoms with van der Waals surface area (Å²) in [6.45, 7) is 4.76. The van der Waals surface area contributed by atoms with Crippen LogP contribution in [0.5, 0.6) is 5.75 Å². The Balaban J connectivity index is 2.72. The van der Waals surface area contributed by atoms with Crippen molar-refractivity contribution in [2.24, 2.45) is 5.92 Å². The minimum absolute atomic E-state index is 0.174. The first kappa shape index (κ1) is 12.4. The highest BCUT2D eigenvalue weighted by Crippen LogP contribution is 2.23. The molecule has 0 bridgehead atoms. The van der Waals surface area contributed by atoms with E-state index in [2.05, 4.69) is 13.8 Å². The summed E-state index contributed by atoms with van der Waals surface area (Å²) in [6.07, 6.45) is 1.03. The van der Waals surface area contributed by atoms with Crippen LogP contribution in [0.25, 0.3) is 0 Å². The number of carboxylic acid groups (broad SMARTS) is 1. The van der Waals surface area contributed by atoms with Gasteiger partial charge >= 0.3 is 5.97 Å². The Morgan fingerprint density at radius 2 is 2.25 bits per heavy atom. The highest BCUT2D eigenvalue weighted by atomic mass is 16.5. The summed E-state index contributed by atoms with van der Waals surface area (Å²) in [5.74, 6) is 0.0176. The molecule has 0 aliphatic rings. The fourth-order valence-electron chi connectivity index (χ4n) is 1.16. The smallest absolute Gasteiger partial charge is 0.335 e. The van der Waals surface area contributed by atoms with Gasteiger partial charge in [0.15, 0.2) is 0 Å². The van der Waals surface area contributed by atoms with Crippen molar-refractivity contribution >= 4 is 11.7 Å². The maximum atomic E-state index is 10.7. The number of rotatable bonds is 5. The summed E-state index contributed by atoms with van der Waals surface area (Å²) < 4.78 is 5.51. The van der Waals surface area contributed by atoms with E-state index < -0.39 is 5.97 Å². The predicted molar refractivity (Wildman–Crippen MR) is 62.8 cm³/mol. The molecule has 88 valence electrons. The summed E-state index contributed by atoms with van der Waals surface area (Å²) in [4.78, 5) is 10.7. The summed E-state index contributed by atoms with van der Waals surface area (Å²) >= 11 is 0. The Kier molecular flexibility index (Phi) is 4.17. The van der Waals surface area contributed by atoms with Gasteiger partial charge in [0.1, 0.15) is 5.75 Å². The van der Waals surface area contributed by atoms with Crippen LogP contribution in [0.4, 0.5) is 5.69 Å². The average Bonchev–Trinajstić information content (AvgIpc) is 2.26. The third kappa shape index (κ3) is 3.15. The normalized spacial score (nSPS) is 12.1. The van der Waals surface area contributed by atoms with Crippen LogP contribution in [-0.2, 0) is 0 Å². The molecule has 0 radical (unpaired) electrons. The number of nitrogens with two attached hydrogens (primary N) is 1. The third-order valence-electron chi connectivity index (χ3n) is 2.48. The van der Waals surface area contributed by atoms with E-state index in [-0.39, 0.29) is 5.56 Å². The number of hydrogen-bond donors (Lipinski definition) is 2. The van der Waals surface area contributed by atoms with Gasteiger partial charge in [-0.1, -0.05) is 20.3 Å². The second-order valence-corrected chi connectivity index (χ2v) is 3.88. The van der Waals surface area contributed by atoms with Crippen molar-refractivity contribution in [2.75, 3.05) is 12.3 Å². The first-order valence-electron chi connectivity index (χ1n) is 5.30. The molecule has 0 aliphatic carbocycles. The fraction of sp³-hybridized carbons (Fsp3) is 0.417. The summed E-state index contributed by atoms with van der Waals surface area (Å²) in [5, 5.41) is 8.76. The van der Waals surface area contributed by atoms with Gasteiger partial charge in [-0.05, 0) is 24.1 Å². The van der Waals surface area contributed by atoms with Gasteiger partial charge in [0, 0.05) is 0 Å². The van der Waals surface area contributed by atoms with Crippen LogP contribution in [0.15, 0.2) is 18.2 Å². The molecule has 0 aromatic heterocycles. The zero-order chi connectivity index (χ0) is 12.1. The highest BCUT2D eigenvalue weighted by Gasteiger charge is 2.08. The second-order valence-electron chi connectivity index (χ2n) is 3.88. The molecule has 0 amide bonds. The zero-order valence-corrected chi connectivity index (χ0v) is 9.56. The number of ether oxygens (including phenoxy) is 1. The van der Waals surface area contributed by atoms with Crippen molar-refractivity contribution in [3.63, 3.8) is 0 Å². The van der Waals surface area contributed by atoms with Gasteiger partial charge in [-0.3, -0.25) is 0 Å². The molecule has 1 aromatic rings. The number of hydrogen-bond acceptors (Lipinski definition) is 3. The first-order chi connectivity index (χ1) is 7.54. The highest BCUT2D eigenvalue weighted by molar-refractivity contribution is 5.89. The standard InChI is InChI=1S/C12H17NO3/c1-3-8(2)7-16-11-5-4-9(12(14)15)6-10(11)13/h4-6,8H,3,7,13H2,1-2H3,(H,14,15). The van der Waals surface area contributed by atoms with Gasteiger partial charge in [-0.15, -0.1) is 0 Å². The molecule has 0 aliphatic heterocycles. The first-order valence-corrected chi connectivity index (χ1v) is 5.30. The van der Waals surface area contributed by atoms with E-state index in [1.807, 2.05) is 0 Å². The maximum Gasteiger partial charge on any atom is 0.335 e. The van der Waals surface area contributed by atoms with E-state index in [1.165, 1.54) is 12.1 Å². The van der Waals surface area contributed by atoms with Crippen LogP contribution < -0.4 is 10.5 Å². The summed E-state index contributed by atoms with van der Waals surface area (Å²) in [7, 11) is 0. The Labute approximate surface area is 95.0 Å². The average molecular weight is 223 g/mol. The SMILES string of the molecule is CCC(C)COc1ccc(C(=O)O)cc1N. The molecule has 4 nitrogen and oxygen atoms in total. The quantitative estimate of drug-likeness (QED) is 0.752. The van der Waals surface area contributed by atoms with Crippen molar-refractivity contribution < 1.29 is 14.6 Å². The molecular formula is C12H17NO3. The molecule has 4 heteroatoms. The van der Waals surface area contributed by atoms with Crippen molar-refractivity contribution in [3.05, 3.63) is 23.8 Å². The van der Waals surface area contributed by atoms with Crippen LogP contribution in [0.1, 0.15) is 30.6 Å². The molecule has 0 heterocycles. The lowest BCUT2D eigenvalue weighted by atomic mass is 10.1. The van der Waals surface area contributed by atoms with Crippen molar-refractivity contribution in [3.8, 4) is 5.75 Å². The molecule has 0 spiro atoms. The van der Waals surface area contributed by atoms with Gasteiger partial charge in [0.2, 0.25) is 0 Å². The lowest BCUT2D eigenvalue weighted by Gasteiger charge is -2.12. The van der Waals surface area contributed by atoms with Gasteiger partial charge in [0.05, 0.1) is 17.9 Å². The van der Waals surface area contributed by atoms with Gasteiger partial charge in [0.25, 0.3) is 0 Å². The second kappa shape index (κ2) is 5.39. The Morgan fingerprint density at radius 3 is 2.75 bits per heavy atom. The molecule has 0 saturated heterocycles. The lowest BCUT2D eigenvalue weighted by Crippen LogP contribution is -2.09. The molecule has 0 saturated carbocycles. The molecule has 1 aromatic carbocycles. The monoisotopic (exact) mass is 223 g/mol. The third-order valence-corrected chi connectivity index (χ3v) is 2.48. The molecule has 1 unspecified atom stereocenters. The van der Waals surface area contributed by atoms with Crippen LogP contribution in [-0.4, -0.2) is 17.7 Å². The number of carboxylic acids is 1. The van der Waals surface area contributed by atoms with E-state index in [4.69, 9.17) is 15.6 Å². The summed E-state index contributed by atoms with van der Waals surface area (Å²) in [5.41, 5.74) is 6.24. The summed E-state index contributed by atoms with van der Waals surface area (Å²) in [6, 6.07) is 4.50. The molecule has 0 fully saturated rings. The van der Waals surface area contributed by atoms with E-state index in [9.17, 15) is 4.79 Å². The number of nitrogen functional groups attached to an aromatic ring is 1. The number of anilines is 1. The lowest BCUT2D eigenvalue weighted by molar-refractivity contribution is 0.0697.